The Morgan fingerprint density at radius 1 is 1.13 bits per heavy atom. The van der Waals surface area contributed by atoms with Gasteiger partial charge in [-0.25, -0.2) is 4.98 Å². The predicted molar refractivity (Wildman–Crippen MR) is 114 cm³/mol. The van der Waals surface area contributed by atoms with Crippen molar-refractivity contribution in [1.82, 2.24) is 14.8 Å². The van der Waals surface area contributed by atoms with Crippen LogP contribution >= 0.6 is 0 Å². The third-order valence-corrected chi connectivity index (χ3v) is 4.92. The molecule has 0 bridgehead atoms. The second kappa shape index (κ2) is 7.68. The molecule has 0 saturated heterocycles. The van der Waals surface area contributed by atoms with Gasteiger partial charge >= 0.3 is 0 Å². The zero-order chi connectivity index (χ0) is 21.3. The van der Waals surface area contributed by atoms with Crippen LogP contribution in [-0.4, -0.2) is 27.8 Å². The number of nitriles is 1. The first-order chi connectivity index (χ1) is 14.5. The fraction of sp³-hybridized carbons (Fsp3) is 0.130. The quantitative estimate of drug-likeness (QED) is 0.558. The standard InChI is InChI=1S/C23H19N5O2/c1-14-7-6-9-17-15(2)11-20(26-21(14)17)28-22(16(12-24)13-25-28)27-23(29)18-8-4-5-10-19(18)30-3/h4-11,13H,1-3H3,(H,27,29). The SMILES string of the molecule is COc1ccccc1C(=O)Nc1c(C#N)cnn1-c1cc(C)c2cccc(C)c2n1. The third kappa shape index (κ3) is 3.25. The molecule has 0 saturated carbocycles. The van der Waals surface area contributed by atoms with Gasteiger partial charge in [0.2, 0.25) is 0 Å². The molecule has 4 rings (SSSR count). The van der Waals surface area contributed by atoms with E-state index in [1.807, 2.05) is 38.1 Å². The fourth-order valence-electron chi connectivity index (χ4n) is 3.38. The summed E-state index contributed by atoms with van der Waals surface area (Å²) in [4.78, 5) is 17.7. The predicted octanol–water partition coefficient (Wildman–Crippen LogP) is 4.17. The molecule has 2 aromatic heterocycles. The average molecular weight is 397 g/mol. The number of hydrogen-bond acceptors (Lipinski definition) is 5. The van der Waals surface area contributed by atoms with Gasteiger partial charge in [0.05, 0.1) is 24.4 Å². The molecule has 1 N–H and O–H groups in total. The number of benzene rings is 2. The number of anilines is 1. The van der Waals surface area contributed by atoms with Gasteiger partial charge in [-0.1, -0.05) is 30.3 Å². The number of amides is 1. The highest BCUT2D eigenvalue weighted by Crippen LogP contribution is 2.26. The first-order valence-electron chi connectivity index (χ1n) is 9.33. The van der Waals surface area contributed by atoms with Crippen molar-refractivity contribution in [3.05, 3.63) is 77.0 Å². The number of hydrogen-bond donors (Lipinski definition) is 1. The Kier molecular flexibility index (Phi) is 4.90. The Balaban J connectivity index is 1.82. The van der Waals surface area contributed by atoms with E-state index in [1.165, 1.54) is 18.0 Å². The van der Waals surface area contributed by atoms with Crippen molar-refractivity contribution in [3.8, 4) is 17.6 Å². The van der Waals surface area contributed by atoms with Crippen LogP contribution in [0.2, 0.25) is 0 Å². The number of methoxy groups -OCH3 is 1. The van der Waals surface area contributed by atoms with E-state index in [0.29, 0.717) is 17.1 Å². The number of nitrogens with one attached hydrogen (secondary N) is 1. The van der Waals surface area contributed by atoms with Gasteiger partial charge in [-0.05, 0) is 43.2 Å². The number of para-hydroxylation sites is 2. The lowest BCUT2D eigenvalue weighted by molar-refractivity contribution is 0.102. The fourth-order valence-corrected chi connectivity index (χ4v) is 3.38. The van der Waals surface area contributed by atoms with E-state index < -0.39 is 5.91 Å². The molecule has 7 heteroatoms. The van der Waals surface area contributed by atoms with E-state index in [9.17, 15) is 10.1 Å². The molecule has 2 aromatic carbocycles. The maximum atomic E-state index is 12.9. The van der Waals surface area contributed by atoms with Gasteiger partial charge in [-0.3, -0.25) is 4.79 Å². The monoisotopic (exact) mass is 397 g/mol. The van der Waals surface area contributed by atoms with Crippen LogP contribution in [0, 0.1) is 25.2 Å². The van der Waals surface area contributed by atoms with Crippen molar-refractivity contribution >= 4 is 22.6 Å². The van der Waals surface area contributed by atoms with Gasteiger partial charge in [-0.2, -0.15) is 15.0 Å². The Bertz CT molecular complexity index is 1320. The molecule has 0 aliphatic heterocycles. The van der Waals surface area contributed by atoms with E-state index in [2.05, 4.69) is 16.5 Å². The van der Waals surface area contributed by atoms with Crippen LogP contribution < -0.4 is 10.1 Å². The van der Waals surface area contributed by atoms with Crippen molar-refractivity contribution in [3.63, 3.8) is 0 Å². The van der Waals surface area contributed by atoms with Gasteiger partial charge in [-0.15, -0.1) is 0 Å². The summed E-state index contributed by atoms with van der Waals surface area (Å²) in [6.07, 6.45) is 1.41. The Morgan fingerprint density at radius 3 is 2.70 bits per heavy atom. The summed E-state index contributed by atoms with van der Waals surface area (Å²) in [7, 11) is 1.50. The Morgan fingerprint density at radius 2 is 1.93 bits per heavy atom. The molecule has 0 radical (unpaired) electrons. The van der Waals surface area contributed by atoms with Crippen molar-refractivity contribution in [2.75, 3.05) is 12.4 Å². The molecule has 0 aliphatic rings. The normalized spacial score (nSPS) is 10.6. The van der Waals surface area contributed by atoms with Gasteiger partial charge < -0.3 is 10.1 Å². The zero-order valence-corrected chi connectivity index (χ0v) is 16.8. The van der Waals surface area contributed by atoms with Crippen LogP contribution in [0.15, 0.2) is 54.7 Å². The number of carbonyl (C=O) groups is 1. The van der Waals surface area contributed by atoms with Crippen LogP contribution in [0.3, 0.4) is 0 Å². The number of nitrogens with zero attached hydrogens (tertiary/aromatic N) is 4. The molecule has 4 aromatic rings. The summed E-state index contributed by atoms with van der Waals surface area (Å²) in [6, 6.07) is 16.9. The molecular formula is C23H19N5O2. The Hall–Kier alpha value is -4.18. The second-order valence-corrected chi connectivity index (χ2v) is 6.85. The number of carbonyl (C=O) groups excluding carboxylic acids is 1. The Labute approximate surface area is 173 Å². The van der Waals surface area contributed by atoms with Crippen LogP contribution in [0.5, 0.6) is 5.75 Å². The zero-order valence-electron chi connectivity index (χ0n) is 16.8. The summed E-state index contributed by atoms with van der Waals surface area (Å²) in [5, 5.41) is 17.7. The van der Waals surface area contributed by atoms with Crippen molar-refractivity contribution < 1.29 is 9.53 Å². The lowest BCUT2D eigenvalue weighted by Crippen LogP contribution is -2.17. The van der Waals surface area contributed by atoms with E-state index in [4.69, 9.17) is 9.72 Å². The molecule has 0 unspecified atom stereocenters. The highest BCUT2D eigenvalue weighted by atomic mass is 16.5. The molecule has 1 amide bonds. The van der Waals surface area contributed by atoms with Gasteiger partial charge in [0.15, 0.2) is 11.6 Å². The number of fused-ring (bicyclic) bond motifs is 1. The molecule has 0 spiro atoms. The summed E-state index contributed by atoms with van der Waals surface area (Å²) >= 11 is 0. The summed E-state index contributed by atoms with van der Waals surface area (Å²) in [5.41, 5.74) is 3.50. The average Bonchev–Trinajstić information content (AvgIpc) is 3.16. The van der Waals surface area contributed by atoms with Crippen LogP contribution in [0.4, 0.5) is 5.82 Å². The van der Waals surface area contributed by atoms with E-state index >= 15 is 0 Å². The van der Waals surface area contributed by atoms with Crippen molar-refractivity contribution in [2.24, 2.45) is 0 Å². The maximum Gasteiger partial charge on any atom is 0.260 e. The summed E-state index contributed by atoms with van der Waals surface area (Å²) < 4.78 is 6.75. The molecular weight excluding hydrogens is 378 g/mol. The van der Waals surface area contributed by atoms with E-state index in [0.717, 1.165) is 22.0 Å². The molecule has 0 atom stereocenters. The largest absolute Gasteiger partial charge is 0.496 e. The van der Waals surface area contributed by atoms with Crippen molar-refractivity contribution in [2.45, 2.75) is 13.8 Å². The number of ether oxygens (including phenoxy) is 1. The van der Waals surface area contributed by atoms with Crippen LogP contribution in [-0.2, 0) is 0 Å². The topological polar surface area (TPSA) is 92.8 Å². The first-order valence-corrected chi connectivity index (χ1v) is 9.33. The number of aromatic nitrogens is 3. The number of rotatable bonds is 4. The molecule has 7 nitrogen and oxygen atoms in total. The van der Waals surface area contributed by atoms with E-state index in [-0.39, 0.29) is 11.4 Å². The molecule has 0 fully saturated rings. The summed E-state index contributed by atoms with van der Waals surface area (Å²) in [5.74, 6) is 0.814. The maximum absolute atomic E-state index is 12.9. The minimum Gasteiger partial charge on any atom is -0.496 e. The molecule has 148 valence electrons. The second-order valence-electron chi connectivity index (χ2n) is 6.85. The first kappa shape index (κ1) is 19.2. The van der Waals surface area contributed by atoms with Gasteiger partial charge in [0.25, 0.3) is 5.91 Å². The number of aryl methyl sites for hydroxylation is 2. The highest BCUT2D eigenvalue weighted by molar-refractivity contribution is 6.06. The molecule has 30 heavy (non-hydrogen) atoms. The van der Waals surface area contributed by atoms with E-state index in [1.54, 1.807) is 24.3 Å². The van der Waals surface area contributed by atoms with Crippen LogP contribution in [0.25, 0.3) is 16.7 Å². The third-order valence-electron chi connectivity index (χ3n) is 4.92. The minimum absolute atomic E-state index is 0.239. The van der Waals surface area contributed by atoms with Gasteiger partial charge in [0.1, 0.15) is 17.4 Å². The minimum atomic E-state index is -0.403. The smallest absolute Gasteiger partial charge is 0.260 e. The lowest BCUT2D eigenvalue weighted by Gasteiger charge is -2.13. The van der Waals surface area contributed by atoms with Crippen molar-refractivity contribution in [1.29, 1.82) is 5.26 Å². The number of pyridine rings is 1. The van der Waals surface area contributed by atoms with Crippen LogP contribution in [0.1, 0.15) is 27.0 Å². The highest BCUT2D eigenvalue weighted by Gasteiger charge is 2.19. The molecule has 0 aliphatic carbocycles. The van der Waals surface area contributed by atoms with Gasteiger partial charge in [0, 0.05) is 5.39 Å². The molecule has 2 heterocycles. The lowest BCUT2D eigenvalue weighted by atomic mass is 10.1. The summed E-state index contributed by atoms with van der Waals surface area (Å²) in [6.45, 7) is 3.99.